The van der Waals surface area contributed by atoms with E-state index >= 15 is 0 Å². The van der Waals surface area contributed by atoms with Gasteiger partial charge in [0.15, 0.2) is 4.47 Å². The molecule has 98 valence electrons. The van der Waals surface area contributed by atoms with Gasteiger partial charge >= 0.3 is 0 Å². The highest BCUT2D eigenvalue weighted by Gasteiger charge is 2.22. The third-order valence-corrected chi connectivity index (χ3v) is 4.09. The van der Waals surface area contributed by atoms with Gasteiger partial charge in [-0.2, -0.15) is 0 Å². The highest BCUT2D eigenvalue weighted by atomic mass is 35.5. The quantitative estimate of drug-likeness (QED) is 0.897. The first-order valence-electron chi connectivity index (χ1n) is 5.74. The number of nitrogens with one attached hydrogen (secondary N) is 1. The smallest absolute Gasteiger partial charge is 0.263 e. The van der Waals surface area contributed by atoms with E-state index in [-0.39, 0.29) is 17.9 Å². The Morgan fingerprint density at radius 1 is 1.50 bits per heavy atom. The van der Waals surface area contributed by atoms with Crippen LogP contribution in [0.15, 0.2) is 6.20 Å². The fourth-order valence-corrected chi connectivity index (χ4v) is 2.80. The first kappa shape index (κ1) is 13.3. The van der Waals surface area contributed by atoms with Crippen molar-refractivity contribution in [1.82, 2.24) is 15.2 Å². The minimum absolute atomic E-state index is 0.0917. The number of nitrogens with zero attached hydrogens (tertiary/aromatic N) is 2. The summed E-state index contributed by atoms with van der Waals surface area (Å²) in [4.78, 5) is 29.2. The molecular weight excluding hydrogens is 274 g/mol. The van der Waals surface area contributed by atoms with Crippen LogP contribution in [0.4, 0.5) is 0 Å². The molecule has 2 rings (SSSR count). The van der Waals surface area contributed by atoms with Crippen LogP contribution >= 0.6 is 22.9 Å². The molecule has 0 atom stereocenters. The number of hydrogen-bond acceptors (Lipinski definition) is 4. The van der Waals surface area contributed by atoms with E-state index in [0.717, 1.165) is 12.8 Å². The molecule has 0 unspecified atom stereocenters. The van der Waals surface area contributed by atoms with Crippen molar-refractivity contribution in [3.63, 3.8) is 0 Å². The lowest BCUT2D eigenvalue weighted by Crippen LogP contribution is -2.45. The van der Waals surface area contributed by atoms with Crippen molar-refractivity contribution < 1.29 is 9.59 Å². The molecule has 0 spiro atoms. The number of hydrogen-bond donors (Lipinski definition) is 1. The van der Waals surface area contributed by atoms with Crippen LogP contribution in [0.25, 0.3) is 0 Å². The van der Waals surface area contributed by atoms with E-state index < -0.39 is 0 Å². The minimum Gasteiger partial charge on any atom is -0.348 e. The van der Waals surface area contributed by atoms with Crippen molar-refractivity contribution >= 4 is 34.8 Å². The number of thiazole rings is 1. The molecule has 0 aromatic carbocycles. The molecule has 2 heterocycles. The number of aromatic nitrogens is 1. The highest BCUT2D eigenvalue weighted by molar-refractivity contribution is 7.17. The van der Waals surface area contributed by atoms with Crippen LogP contribution in [0.3, 0.4) is 0 Å². The van der Waals surface area contributed by atoms with Crippen molar-refractivity contribution in [3.8, 4) is 0 Å². The Labute approximate surface area is 114 Å². The van der Waals surface area contributed by atoms with Gasteiger partial charge in [-0.05, 0) is 12.8 Å². The van der Waals surface area contributed by atoms with Gasteiger partial charge in [0.1, 0.15) is 4.88 Å². The van der Waals surface area contributed by atoms with Crippen molar-refractivity contribution in [3.05, 3.63) is 15.5 Å². The third-order valence-electron chi connectivity index (χ3n) is 2.98. The molecule has 1 aromatic rings. The number of carbonyl (C=O) groups excluding carboxylic acids is 2. The minimum atomic E-state index is -0.138. The first-order chi connectivity index (χ1) is 8.56. The summed E-state index contributed by atoms with van der Waals surface area (Å²) < 4.78 is 0.367. The van der Waals surface area contributed by atoms with E-state index in [1.807, 2.05) is 0 Å². The zero-order valence-electron chi connectivity index (χ0n) is 9.98. The average molecular weight is 288 g/mol. The summed E-state index contributed by atoms with van der Waals surface area (Å²) in [5, 5.41) is 2.94. The molecule has 1 saturated heterocycles. The molecule has 1 aliphatic rings. The normalized spacial score (nSPS) is 16.7. The van der Waals surface area contributed by atoms with E-state index in [1.165, 1.54) is 17.5 Å². The van der Waals surface area contributed by atoms with Crippen molar-refractivity contribution in [1.29, 1.82) is 0 Å². The molecule has 0 radical (unpaired) electrons. The SMILES string of the molecule is CC(=O)N1CCC(NC(=O)c2cnc(Cl)s2)CC1. The first-order valence-corrected chi connectivity index (χ1v) is 6.93. The van der Waals surface area contributed by atoms with Gasteiger partial charge in [0, 0.05) is 26.1 Å². The molecule has 18 heavy (non-hydrogen) atoms. The van der Waals surface area contributed by atoms with Crippen LogP contribution in [-0.4, -0.2) is 40.8 Å². The molecule has 5 nitrogen and oxygen atoms in total. The molecule has 1 N–H and O–H groups in total. The van der Waals surface area contributed by atoms with Crippen LogP contribution in [0, 0.1) is 0 Å². The number of amides is 2. The number of likely N-dealkylation sites (tertiary alicyclic amines) is 1. The van der Waals surface area contributed by atoms with Crippen LogP contribution in [0.5, 0.6) is 0 Å². The number of piperidine rings is 1. The van der Waals surface area contributed by atoms with Crippen molar-refractivity contribution in [2.24, 2.45) is 0 Å². The predicted molar refractivity (Wildman–Crippen MR) is 69.9 cm³/mol. The van der Waals surface area contributed by atoms with E-state index in [9.17, 15) is 9.59 Å². The summed E-state index contributed by atoms with van der Waals surface area (Å²) in [6.45, 7) is 2.96. The molecule has 0 bridgehead atoms. The summed E-state index contributed by atoms with van der Waals surface area (Å²) in [7, 11) is 0. The molecule has 7 heteroatoms. The summed E-state index contributed by atoms with van der Waals surface area (Å²) in [5.74, 6) is -0.0466. The Bertz CT molecular complexity index is 455. The summed E-state index contributed by atoms with van der Waals surface area (Å²) >= 11 is 6.85. The number of halogens is 1. The Kier molecular flexibility index (Phi) is 4.19. The lowest BCUT2D eigenvalue weighted by molar-refractivity contribution is -0.129. The summed E-state index contributed by atoms with van der Waals surface area (Å²) in [5.41, 5.74) is 0. The van der Waals surface area contributed by atoms with E-state index in [0.29, 0.717) is 22.4 Å². The average Bonchev–Trinajstić information content (AvgIpc) is 2.76. The topological polar surface area (TPSA) is 62.3 Å². The predicted octanol–water partition coefficient (Wildman–Crippen LogP) is 1.54. The summed E-state index contributed by atoms with van der Waals surface area (Å²) in [6, 6.07) is 0.119. The second kappa shape index (κ2) is 5.67. The zero-order chi connectivity index (χ0) is 13.1. The van der Waals surface area contributed by atoms with E-state index in [1.54, 1.807) is 11.8 Å². The maximum atomic E-state index is 11.9. The van der Waals surface area contributed by atoms with Gasteiger partial charge in [0.25, 0.3) is 5.91 Å². The van der Waals surface area contributed by atoms with Gasteiger partial charge < -0.3 is 10.2 Å². The molecule has 0 saturated carbocycles. The highest BCUT2D eigenvalue weighted by Crippen LogP contribution is 2.18. The molecule has 2 amide bonds. The Morgan fingerprint density at radius 2 is 2.17 bits per heavy atom. The van der Waals surface area contributed by atoms with Crippen LogP contribution in [-0.2, 0) is 4.79 Å². The Balaban J connectivity index is 1.85. The second-order valence-corrected chi connectivity index (χ2v) is 5.84. The van der Waals surface area contributed by atoms with Crippen LogP contribution in [0.1, 0.15) is 29.4 Å². The molecule has 1 aromatic heterocycles. The van der Waals surface area contributed by atoms with E-state index in [2.05, 4.69) is 10.3 Å². The van der Waals surface area contributed by atoms with Crippen LogP contribution in [0.2, 0.25) is 4.47 Å². The van der Waals surface area contributed by atoms with Gasteiger partial charge in [-0.1, -0.05) is 22.9 Å². The van der Waals surface area contributed by atoms with Crippen molar-refractivity contribution in [2.45, 2.75) is 25.8 Å². The molecule has 1 fully saturated rings. The number of rotatable bonds is 2. The second-order valence-electron chi connectivity index (χ2n) is 4.23. The molecule has 1 aliphatic heterocycles. The zero-order valence-corrected chi connectivity index (χ0v) is 11.6. The third kappa shape index (κ3) is 3.20. The fourth-order valence-electron chi connectivity index (χ4n) is 1.95. The lowest BCUT2D eigenvalue weighted by Gasteiger charge is -2.31. The van der Waals surface area contributed by atoms with Gasteiger partial charge in [0.2, 0.25) is 5.91 Å². The van der Waals surface area contributed by atoms with Crippen molar-refractivity contribution in [2.75, 3.05) is 13.1 Å². The van der Waals surface area contributed by atoms with Gasteiger partial charge in [-0.3, -0.25) is 9.59 Å². The van der Waals surface area contributed by atoms with Gasteiger partial charge in [0.05, 0.1) is 6.20 Å². The molecular formula is C11H14ClN3O2S. The maximum absolute atomic E-state index is 11.9. The Morgan fingerprint density at radius 3 is 2.67 bits per heavy atom. The van der Waals surface area contributed by atoms with Gasteiger partial charge in [-0.25, -0.2) is 4.98 Å². The largest absolute Gasteiger partial charge is 0.348 e. The molecule has 0 aliphatic carbocycles. The van der Waals surface area contributed by atoms with Gasteiger partial charge in [-0.15, -0.1) is 0 Å². The number of carbonyl (C=O) groups is 2. The van der Waals surface area contributed by atoms with Crippen LogP contribution < -0.4 is 5.32 Å². The monoisotopic (exact) mass is 287 g/mol. The summed E-state index contributed by atoms with van der Waals surface area (Å²) in [6.07, 6.45) is 3.06. The maximum Gasteiger partial charge on any atom is 0.263 e. The Hall–Kier alpha value is -1.14. The van der Waals surface area contributed by atoms with E-state index in [4.69, 9.17) is 11.6 Å². The fraction of sp³-hybridized carbons (Fsp3) is 0.545. The standard InChI is InChI=1S/C11H14ClN3O2S/c1-7(16)15-4-2-8(3-5-15)14-10(17)9-6-13-11(12)18-9/h6,8H,2-5H2,1H3,(H,14,17). The lowest BCUT2D eigenvalue weighted by atomic mass is 10.1.